The summed E-state index contributed by atoms with van der Waals surface area (Å²) in [5.41, 5.74) is 3.45. The molecule has 0 N–H and O–H groups in total. The van der Waals surface area contributed by atoms with E-state index in [1.165, 1.54) is 0 Å². The maximum atomic E-state index is 12.2. The molecule has 2 aromatic carbocycles. The minimum Gasteiger partial charge on any atom is -0.317 e. The zero-order valence-electron chi connectivity index (χ0n) is 11.1. The summed E-state index contributed by atoms with van der Waals surface area (Å²) in [6.07, 6.45) is 1.92. The molecule has 0 saturated heterocycles. The number of pyridine rings is 1. The maximum Gasteiger partial charge on any atom is 0.258 e. The van der Waals surface area contributed by atoms with E-state index in [2.05, 4.69) is 18.2 Å². The first-order chi connectivity index (χ1) is 9.16. The highest BCUT2D eigenvalue weighted by atomic mass is 16.1. The summed E-state index contributed by atoms with van der Waals surface area (Å²) in [4.78, 5) is 12.2. The van der Waals surface area contributed by atoms with Crippen LogP contribution in [0.1, 0.15) is 5.56 Å². The number of rotatable bonds is 1. The Labute approximate surface area is 111 Å². The van der Waals surface area contributed by atoms with Crippen molar-refractivity contribution < 1.29 is 0 Å². The van der Waals surface area contributed by atoms with E-state index in [9.17, 15) is 4.79 Å². The van der Waals surface area contributed by atoms with Gasteiger partial charge in [-0.05, 0) is 23.9 Å². The summed E-state index contributed by atoms with van der Waals surface area (Å²) >= 11 is 0. The number of aromatic nitrogens is 1. The van der Waals surface area contributed by atoms with Gasteiger partial charge < -0.3 is 4.57 Å². The number of fused-ring (bicyclic) bond motifs is 1. The van der Waals surface area contributed by atoms with Crippen LogP contribution in [0.3, 0.4) is 0 Å². The van der Waals surface area contributed by atoms with Gasteiger partial charge in [0.1, 0.15) is 0 Å². The van der Waals surface area contributed by atoms with Crippen LogP contribution in [-0.2, 0) is 7.05 Å². The van der Waals surface area contributed by atoms with Crippen LogP contribution in [0, 0.1) is 6.92 Å². The molecule has 0 radical (unpaired) electrons. The van der Waals surface area contributed by atoms with E-state index in [-0.39, 0.29) is 5.56 Å². The van der Waals surface area contributed by atoms with Gasteiger partial charge in [-0.3, -0.25) is 4.79 Å². The zero-order valence-corrected chi connectivity index (χ0v) is 11.1. The lowest BCUT2D eigenvalue weighted by molar-refractivity contribution is 0.875. The van der Waals surface area contributed by atoms with E-state index in [1.807, 2.05) is 43.5 Å². The molecule has 1 aromatic heterocycles. The Morgan fingerprint density at radius 3 is 2.42 bits per heavy atom. The van der Waals surface area contributed by atoms with E-state index in [4.69, 9.17) is 0 Å². The second kappa shape index (κ2) is 4.39. The van der Waals surface area contributed by atoms with E-state index in [0.29, 0.717) is 0 Å². The molecular formula is C17H15NO. The molecule has 0 spiro atoms. The van der Waals surface area contributed by atoms with Crippen molar-refractivity contribution in [1.29, 1.82) is 0 Å². The highest BCUT2D eigenvalue weighted by Gasteiger charge is 2.08. The molecule has 0 atom stereocenters. The smallest absolute Gasteiger partial charge is 0.258 e. The van der Waals surface area contributed by atoms with Crippen LogP contribution < -0.4 is 5.56 Å². The number of hydrogen-bond donors (Lipinski definition) is 0. The minimum absolute atomic E-state index is 0.0506. The normalized spacial score (nSPS) is 10.8. The topological polar surface area (TPSA) is 22.0 Å². The van der Waals surface area contributed by atoms with Gasteiger partial charge in [0.2, 0.25) is 0 Å². The molecule has 2 nitrogen and oxygen atoms in total. The Balaban J connectivity index is 2.45. The van der Waals surface area contributed by atoms with Gasteiger partial charge in [0.25, 0.3) is 5.56 Å². The first-order valence-corrected chi connectivity index (χ1v) is 6.32. The number of aryl methyl sites for hydroxylation is 2. The molecular weight excluding hydrogens is 234 g/mol. The van der Waals surface area contributed by atoms with E-state index >= 15 is 0 Å². The average molecular weight is 249 g/mol. The quantitative estimate of drug-likeness (QED) is 0.647. The van der Waals surface area contributed by atoms with Crippen molar-refractivity contribution >= 4 is 10.8 Å². The second-order valence-corrected chi connectivity index (χ2v) is 4.87. The number of benzene rings is 2. The summed E-state index contributed by atoms with van der Waals surface area (Å²) < 4.78 is 1.65. The van der Waals surface area contributed by atoms with Gasteiger partial charge in [-0.1, -0.05) is 48.0 Å². The largest absolute Gasteiger partial charge is 0.317 e. The Morgan fingerprint density at radius 1 is 0.947 bits per heavy atom. The molecule has 94 valence electrons. The lowest BCUT2D eigenvalue weighted by atomic mass is 9.99. The van der Waals surface area contributed by atoms with Gasteiger partial charge in [-0.2, -0.15) is 0 Å². The molecule has 0 unspecified atom stereocenters. The Hall–Kier alpha value is -2.35. The number of hydrogen-bond acceptors (Lipinski definition) is 1. The monoisotopic (exact) mass is 249 g/mol. The van der Waals surface area contributed by atoms with Gasteiger partial charge in [0.15, 0.2) is 0 Å². The van der Waals surface area contributed by atoms with Gasteiger partial charge in [0, 0.05) is 24.2 Å². The molecule has 3 aromatic rings. The van der Waals surface area contributed by atoms with E-state index < -0.39 is 0 Å². The predicted octanol–water partition coefficient (Wildman–Crippen LogP) is 3.51. The van der Waals surface area contributed by atoms with Crippen molar-refractivity contribution in [3.63, 3.8) is 0 Å². The summed E-state index contributed by atoms with van der Waals surface area (Å²) in [5, 5.41) is 1.80. The summed E-state index contributed by atoms with van der Waals surface area (Å²) in [6.45, 7) is 2.05. The SMILES string of the molecule is Cc1ccc2c(=O)n(C)cc(-c3ccccc3)c2c1. The van der Waals surface area contributed by atoms with Gasteiger partial charge in [-0.25, -0.2) is 0 Å². The van der Waals surface area contributed by atoms with Crippen molar-refractivity contribution in [3.05, 3.63) is 70.6 Å². The van der Waals surface area contributed by atoms with Crippen molar-refractivity contribution in [3.8, 4) is 11.1 Å². The van der Waals surface area contributed by atoms with Gasteiger partial charge in [0.05, 0.1) is 0 Å². The summed E-state index contributed by atoms with van der Waals surface area (Å²) in [5.74, 6) is 0. The fourth-order valence-corrected chi connectivity index (χ4v) is 2.43. The average Bonchev–Trinajstić information content (AvgIpc) is 2.43. The standard InChI is InChI=1S/C17H15NO/c1-12-8-9-14-15(10-12)16(11-18(2)17(14)19)13-6-4-3-5-7-13/h3-11H,1-2H3. The van der Waals surface area contributed by atoms with Crippen LogP contribution in [-0.4, -0.2) is 4.57 Å². The van der Waals surface area contributed by atoms with Crippen molar-refractivity contribution in [2.75, 3.05) is 0 Å². The first-order valence-electron chi connectivity index (χ1n) is 6.32. The molecule has 0 aliphatic heterocycles. The molecule has 19 heavy (non-hydrogen) atoms. The first kappa shape index (κ1) is 11.7. The van der Waals surface area contributed by atoms with Crippen LogP contribution in [0.15, 0.2) is 59.5 Å². The molecule has 3 rings (SSSR count). The molecule has 0 saturated carbocycles. The molecule has 0 aliphatic rings. The zero-order chi connectivity index (χ0) is 13.4. The Morgan fingerprint density at radius 2 is 1.68 bits per heavy atom. The van der Waals surface area contributed by atoms with Crippen LogP contribution in [0.2, 0.25) is 0 Å². The summed E-state index contributed by atoms with van der Waals surface area (Å²) in [7, 11) is 1.80. The Bertz CT molecular complexity index is 801. The highest BCUT2D eigenvalue weighted by molar-refractivity contribution is 5.96. The third kappa shape index (κ3) is 1.95. The molecule has 0 aliphatic carbocycles. The third-order valence-corrected chi connectivity index (χ3v) is 3.42. The molecule has 0 bridgehead atoms. The molecule has 2 heteroatoms. The third-order valence-electron chi connectivity index (χ3n) is 3.42. The second-order valence-electron chi connectivity index (χ2n) is 4.87. The lowest BCUT2D eigenvalue weighted by Crippen LogP contribution is -2.16. The molecule has 0 fully saturated rings. The maximum absolute atomic E-state index is 12.2. The minimum atomic E-state index is 0.0506. The van der Waals surface area contributed by atoms with Crippen molar-refractivity contribution in [2.24, 2.45) is 7.05 Å². The van der Waals surface area contributed by atoms with E-state index in [1.54, 1.807) is 11.6 Å². The molecule has 1 heterocycles. The van der Waals surface area contributed by atoms with Gasteiger partial charge >= 0.3 is 0 Å². The highest BCUT2D eigenvalue weighted by Crippen LogP contribution is 2.27. The predicted molar refractivity (Wildman–Crippen MR) is 79.4 cm³/mol. The number of nitrogens with zero attached hydrogens (tertiary/aromatic N) is 1. The van der Waals surface area contributed by atoms with Crippen LogP contribution in [0.25, 0.3) is 21.9 Å². The van der Waals surface area contributed by atoms with Crippen LogP contribution in [0.4, 0.5) is 0 Å². The van der Waals surface area contributed by atoms with Gasteiger partial charge in [-0.15, -0.1) is 0 Å². The van der Waals surface area contributed by atoms with Crippen molar-refractivity contribution in [1.82, 2.24) is 4.57 Å². The fourth-order valence-electron chi connectivity index (χ4n) is 2.43. The summed E-state index contributed by atoms with van der Waals surface area (Å²) in [6, 6.07) is 16.2. The van der Waals surface area contributed by atoms with Crippen LogP contribution >= 0.6 is 0 Å². The lowest BCUT2D eigenvalue weighted by Gasteiger charge is -2.10. The van der Waals surface area contributed by atoms with Crippen LogP contribution in [0.5, 0.6) is 0 Å². The Kier molecular flexibility index (Phi) is 2.71. The molecule has 0 amide bonds. The fraction of sp³-hybridized carbons (Fsp3) is 0.118. The van der Waals surface area contributed by atoms with Crippen molar-refractivity contribution in [2.45, 2.75) is 6.92 Å². The van der Waals surface area contributed by atoms with E-state index in [0.717, 1.165) is 27.5 Å².